The molecule has 6 nitrogen and oxygen atoms in total. The predicted octanol–water partition coefficient (Wildman–Crippen LogP) is 4.78. The summed E-state index contributed by atoms with van der Waals surface area (Å²) in [7, 11) is -3.00. The molecule has 0 radical (unpaired) electrons. The Labute approximate surface area is 200 Å². The second-order valence-corrected chi connectivity index (χ2v) is 11.0. The number of allylic oxidation sites excluding steroid dienone is 2. The maximum Gasteiger partial charge on any atom is 0.148 e. The summed E-state index contributed by atoms with van der Waals surface area (Å²) in [6.45, 7) is 7.74. The Balaban J connectivity index is 0.00000176. The number of para-hydroxylation sites is 1. The maximum absolute atomic E-state index is 11.3. The summed E-state index contributed by atoms with van der Waals surface area (Å²) in [5.41, 5.74) is 1.58. The zero-order valence-electron chi connectivity index (χ0n) is 19.1. The van der Waals surface area contributed by atoms with Crippen LogP contribution in [0.15, 0.2) is 42.5 Å². The molecule has 176 valence electrons. The van der Waals surface area contributed by atoms with Crippen molar-refractivity contribution in [3.63, 3.8) is 0 Å². The van der Waals surface area contributed by atoms with Crippen LogP contribution in [0.3, 0.4) is 0 Å². The summed E-state index contributed by atoms with van der Waals surface area (Å²) in [6.07, 6.45) is 7.91. The standard InChI is InChI=1S/C21H25Cl2N3O3S.C2H6/c1-21(2,27)19-13-18(26(25-19)20-16(22)5-4-6-17(20)23)14-7-9-15(10-8-14)24-11-12-30(3,28)29;1-2/h4-9,13,15,24,27H,10-12H2,1-3H3;1-2H3. The fraction of sp³-hybridized carbons (Fsp3) is 0.435. The Bertz CT molecular complexity index is 1080. The monoisotopic (exact) mass is 499 g/mol. The van der Waals surface area contributed by atoms with Gasteiger partial charge in [-0.15, -0.1) is 0 Å². The van der Waals surface area contributed by atoms with E-state index in [2.05, 4.69) is 10.4 Å². The molecule has 1 atom stereocenters. The molecule has 1 aromatic carbocycles. The molecule has 1 aliphatic rings. The highest BCUT2D eigenvalue weighted by Gasteiger charge is 2.25. The summed E-state index contributed by atoms with van der Waals surface area (Å²) >= 11 is 12.8. The van der Waals surface area contributed by atoms with Gasteiger partial charge in [-0.3, -0.25) is 0 Å². The van der Waals surface area contributed by atoms with Crippen molar-refractivity contribution < 1.29 is 13.5 Å². The Morgan fingerprint density at radius 1 is 1.25 bits per heavy atom. The van der Waals surface area contributed by atoms with Crippen LogP contribution in [0, 0.1) is 0 Å². The Kier molecular flexibility index (Phi) is 9.14. The van der Waals surface area contributed by atoms with E-state index < -0.39 is 15.4 Å². The zero-order valence-corrected chi connectivity index (χ0v) is 21.4. The molecule has 1 aliphatic carbocycles. The molecule has 1 aromatic heterocycles. The van der Waals surface area contributed by atoms with Gasteiger partial charge in [-0.05, 0) is 44.0 Å². The van der Waals surface area contributed by atoms with E-state index in [4.69, 9.17) is 23.2 Å². The number of hydrogen-bond donors (Lipinski definition) is 2. The number of nitrogens with one attached hydrogen (secondary N) is 1. The van der Waals surface area contributed by atoms with Crippen LogP contribution in [-0.2, 0) is 15.4 Å². The predicted molar refractivity (Wildman–Crippen MR) is 133 cm³/mol. The number of aliphatic hydroxyl groups is 1. The minimum absolute atomic E-state index is 0.0459. The number of hydrogen-bond acceptors (Lipinski definition) is 5. The fourth-order valence-electron chi connectivity index (χ4n) is 3.14. The van der Waals surface area contributed by atoms with E-state index in [9.17, 15) is 13.5 Å². The molecule has 2 aromatic rings. The first-order valence-corrected chi connectivity index (χ1v) is 13.3. The molecule has 0 saturated heterocycles. The molecule has 2 N–H and O–H groups in total. The number of nitrogens with zero attached hydrogens (tertiary/aromatic N) is 2. The molecule has 1 unspecified atom stereocenters. The van der Waals surface area contributed by atoms with Crippen molar-refractivity contribution in [3.8, 4) is 5.69 Å². The maximum atomic E-state index is 11.3. The van der Waals surface area contributed by atoms with Crippen LogP contribution < -0.4 is 5.32 Å². The van der Waals surface area contributed by atoms with E-state index in [0.29, 0.717) is 34.4 Å². The third kappa shape index (κ3) is 6.93. The van der Waals surface area contributed by atoms with E-state index in [1.807, 2.05) is 38.1 Å². The number of aromatic nitrogens is 2. The summed E-state index contributed by atoms with van der Waals surface area (Å²) in [5.74, 6) is 0.0978. The second kappa shape index (κ2) is 11.0. The van der Waals surface area contributed by atoms with Crippen molar-refractivity contribution in [2.75, 3.05) is 18.6 Å². The largest absolute Gasteiger partial charge is 0.384 e. The van der Waals surface area contributed by atoms with Gasteiger partial charge in [0.1, 0.15) is 21.1 Å². The van der Waals surface area contributed by atoms with Gasteiger partial charge in [0.25, 0.3) is 0 Å². The number of sulfone groups is 1. The van der Waals surface area contributed by atoms with Crippen molar-refractivity contribution in [2.24, 2.45) is 0 Å². The molecular weight excluding hydrogens is 469 g/mol. The van der Waals surface area contributed by atoms with Crippen LogP contribution in [-0.4, -0.2) is 47.9 Å². The first-order valence-electron chi connectivity index (χ1n) is 10.5. The Hall–Kier alpha value is -1.64. The molecule has 1 heterocycles. The molecule has 0 saturated carbocycles. The van der Waals surface area contributed by atoms with E-state index in [1.165, 1.54) is 6.26 Å². The van der Waals surface area contributed by atoms with Crippen LogP contribution in [0.25, 0.3) is 11.3 Å². The van der Waals surface area contributed by atoms with Gasteiger partial charge >= 0.3 is 0 Å². The molecule has 0 fully saturated rings. The van der Waals surface area contributed by atoms with E-state index >= 15 is 0 Å². The van der Waals surface area contributed by atoms with Crippen molar-refractivity contribution in [1.29, 1.82) is 0 Å². The molecule has 0 spiro atoms. The van der Waals surface area contributed by atoms with Crippen LogP contribution in [0.5, 0.6) is 0 Å². The highest BCUT2D eigenvalue weighted by molar-refractivity contribution is 7.90. The molecule has 3 rings (SSSR count). The van der Waals surface area contributed by atoms with Crippen LogP contribution in [0.4, 0.5) is 0 Å². The van der Waals surface area contributed by atoms with Gasteiger partial charge in [-0.2, -0.15) is 5.10 Å². The molecule has 0 amide bonds. The lowest BCUT2D eigenvalue weighted by atomic mass is 9.99. The molecule has 32 heavy (non-hydrogen) atoms. The van der Waals surface area contributed by atoms with Crippen molar-refractivity contribution in [1.82, 2.24) is 15.1 Å². The highest BCUT2D eigenvalue weighted by atomic mass is 35.5. The Morgan fingerprint density at radius 3 is 2.38 bits per heavy atom. The summed E-state index contributed by atoms with van der Waals surface area (Å²) in [6, 6.07) is 7.12. The van der Waals surface area contributed by atoms with Crippen LogP contribution in [0.2, 0.25) is 10.0 Å². The van der Waals surface area contributed by atoms with Gasteiger partial charge < -0.3 is 10.4 Å². The normalized spacial score (nSPS) is 16.4. The number of benzene rings is 1. The van der Waals surface area contributed by atoms with Crippen molar-refractivity contribution >= 4 is 38.6 Å². The third-order valence-electron chi connectivity index (χ3n) is 4.76. The quantitative estimate of drug-likeness (QED) is 0.572. The average Bonchev–Trinajstić information content (AvgIpc) is 3.14. The number of halogens is 2. The van der Waals surface area contributed by atoms with Crippen molar-refractivity contribution in [2.45, 2.75) is 45.8 Å². The van der Waals surface area contributed by atoms with Crippen LogP contribution >= 0.6 is 23.2 Å². The lowest BCUT2D eigenvalue weighted by Gasteiger charge is -2.18. The van der Waals surface area contributed by atoms with Gasteiger partial charge in [0.15, 0.2) is 0 Å². The van der Waals surface area contributed by atoms with E-state index in [-0.39, 0.29) is 11.8 Å². The minimum Gasteiger partial charge on any atom is -0.384 e. The van der Waals surface area contributed by atoms with Gasteiger partial charge in [-0.25, -0.2) is 13.1 Å². The van der Waals surface area contributed by atoms with Crippen molar-refractivity contribution in [3.05, 3.63) is 63.9 Å². The highest BCUT2D eigenvalue weighted by Crippen LogP contribution is 2.34. The molecule has 0 aliphatic heterocycles. The first kappa shape index (κ1) is 26.6. The lowest BCUT2D eigenvalue weighted by Crippen LogP contribution is -2.32. The molecule has 9 heteroatoms. The smallest absolute Gasteiger partial charge is 0.148 e. The molecule has 0 bridgehead atoms. The summed E-state index contributed by atoms with van der Waals surface area (Å²) in [4.78, 5) is 0. The second-order valence-electron chi connectivity index (χ2n) is 7.90. The minimum atomic E-state index is -3.00. The van der Waals surface area contributed by atoms with E-state index in [1.54, 1.807) is 36.7 Å². The first-order chi connectivity index (χ1) is 15.0. The summed E-state index contributed by atoms with van der Waals surface area (Å²) in [5, 5.41) is 19.2. The lowest BCUT2D eigenvalue weighted by molar-refractivity contribution is 0.0734. The SMILES string of the molecule is CC.CC(C)(O)c1cc(C2=CCC(NCCS(C)(=O)=O)C=C2)n(-c2c(Cl)cccc2Cl)n1. The Morgan fingerprint density at radius 2 is 1.88 bits per heavy atom. The van der Waals surface area contributed by atoms with Crippen LogP contribution in [0.1, 0.15) is 45.5 Å². The topological polar surface area (TPSA) is 84.2 Å². The van der Waals surface area contributed by atoms with Gasteiger partial charge in [0.05, 0.1) is 27.2 Å². The molecular formula is C23H31Cl2N3O3S. The third-order valence-corrected chi connectivity index (χ3v) is 6.32. The van der Waals surface area contributed by atoms with Gasteiger partial charge in [-0.1, -0.05) is 61.3 Å². The summed E-state index contributed by atoms with van der Waals surface area (Å²) < 4.78 is 24.3. The van der Waals surface area contributed by atoms with Gasteiger partial charge in [0.2, 0.25) is 0 Å². The average molecular weight is 500 g/mol. The van der Waals surface area contributed by atoms with E-state index in [0.717, 1.165) is 11.3 Å². The van der Waals surface area contributed by atoms with Gasteiger partial charge in [0, 0.05) is 18.8 Å². The zero-order chi connectivity index (χ0) is 24.1. The fourth-order valence-corrected chi connectivity index (χ4v) is 4.19. The number of rotatable bonds is 7.